The number of sulfonamides is 1. The highest BCUT2D eigenvalue weighted by atomic mass is 35.5. The molecular formula is C23H25ClN4O4S. The fraction of sp³-hybridized carbons (Fsp3) is 0.348. The quantitative estimate of drug-likeness (QED) is 0.644. The highest BCUT2D eigenvalue weighted by Gasteiger charge is 2.37. The monoisotopic (exact) mass is 488 g/mol. The number of nitrogens with zero attached hydrogens (tertiary/aromatic N) is 3. The molecule has 10 heteroatoms. The molecule has 1 N–H and O–H groups in total. The summed E-state index contributed by atoms with van der Waals surface area (Å²) in [6.07, 6.45) is 0. The van der Waals surface area contributed by atoms with Gasteiger partial charge in [0.2, 0.25) is 15.9 Å². The Hall–Kier alpha value is -2.93. The molecule has 1 unspecified atom stereocenters. The van der Waals surface area contributed by atoms with Crippen molar-refractivity contribution in [3.05, 3.63) is 64.7 Å². The van der Waals surface area contributed by atoms with Crippen molar-refractivity contribution in [1.82, 2.24) is 14.5 Å². The first kappa shape index (κ1) is 24.7. The van der Waals surface area contributed by atoms with Crippen molar-refractivity contribution < 1.29 is 18.0 Å². The highest BCUT2D eigenvalue weighted by molar-refractivity contribution is 7.89. The Morgan fingerprint density at radius 3 is 2.42 bits per heavy atom. The molecule has 2 aromatic rings. The fourth-order valence-corrected chi connectivity index (χ4v) is 5.08. The minimum absolute atomic E-state index is 0.0217. The first-order chi connectivity index (χ1) is 15.5. The third kappa shape index (κ3) is 5.36. The average molecular weight is 489 g/mol. The van der Waals surface area contributed by atoms with Crippen LogP contribution in [0.4, 0.5) is 0 Å². The van der Waals surface area contributed by atoms with Crippen molar-refractivity contribution >= 4 is 33.4 Å². The Labute approximate surface area is 198 Å². The van der Waals surface area contributed by atoms with Crippen LogP contribution in [0.1, 0.15) is 35.8 Å². The van der Waals surface area contributed by atoms with Crippen LogP contribution in [-0.4, -0.2) is 55.6 Å². The van der Waals surface area contributed by atoms with E-state index in [1.54, 1.807) is 19.1 Å². The van der Waals surface area contributed by atoms with E-state index in [1.165, 1.54) is 40.5 Å². The van der Waals surface area contributed by atoms with Gasteiger partial charge in [-0.05, 0) is 49.7 Å². The number of carbonyl (C=O) groups excluding carboxylic acids is 2. The Morgan fingerprint density at radius 2 is 1.82 bits per heavy atom. The number of likely N-dealkylation sites (N-methyl/N-ethyl adjacent to an activating group) is 1. The molecule has 33 heavy (non-hydrogen) atoms. The normalized spacial score (nSPS) is 16.2. The van der Waals surface area contributed by atoms with E-state index in [9.17, 15) is 18.0 Å². The maximum atomic E-state index is 13.0. The number of halogens is 1. The molecule has 174 valence electrons. The molecule has 3 rings (SSSR count). The third-order valence-electron chi connectivity index (χ3n) is 5.76. The summed E-state index contributed by atoms with van der Waals surface area (Å²) in [4.78, 5) is 27.0. The van der Waals surface area contributed by atoms with E-state index < -0.39 is 22.0 Å². The number of hydrogen-bond donors (Lipinski definition) is 1. The van der Waals surface area contributed by atoms with Gasteiger partial charge in [0, 0.05) is 30.7 Å². The van der Waals surface area contributed by atoms with Crippen LogP contribution in [0.2, 0.25) is 5.02 Å². The molecule has 2 atom stereocenters. The zero-order chi connectivity index (χ0) is 24.3. The maximum absolute atomic E-state index is 13.0. The van der Waals surface area contributed by atoms with Gasteiger partial charge in [0.25, 0.3) is 5.91 Å². The highest BCUT2D eigenvalue weighted by Crippen LogP contribution is 2.25. The Balaban J connectivity index is 1.69. The second kappa shape index (κ2) is 9.91. The molecule has 1 heterocycles. The molecule has 1 saturated heterocycles. The van der Waals surface area contributed by atoms with E-state index in [0.29, 0.717) is 5.02 Å². The lowest BCUT2D eigenvalue weighted by atomic mass is 10.1. The van der Waals surface area contributed by atoms with Crippen molar-refractivity contribution in [2.75, 3.05) is 20.1 Å². The van der Waals surface area contributed by atoms with Crippen molar-refractivity contribution in [3.8, 4) is 6.07 Å². The lowest BCUT2D eigenvalue weighted by Crippen LogP contribution is -2.49. The average Bonchev–Trinajstić information content (AvgIpc) is 2.77. The first-order valence-electron chi connectivity index (χ1n) is 10.4. The fourth-order valence-electron chi connectivity index (χ4n) is 3.38. The minimum Gasteiger partial charge on any atom is -0.348 e. The van der Waals surface area contributed by atoms with Gasteiger partial charge >= 0.3 is 0 Å². The molecule has 0 bridgehead atoms. The number of nitrogens with one attached hydrogen (secondary N) is 1. The first-order valence-corrected chi connectivity index (χ1v) is 12.2. The number of hydrogen-bond acceptors (Lipinski definition) is 5. The smallest absolute Gasteiger partial charge is 0.254 e. The van der Waals surface area contributed by atoms with Crippen LogP contribution in [0.5, 0.6) is 0 Å². The summed E-state index contributed by atoms with van der Waals surface area (Å²) < 4.78 is 26.7. The van der Waals surface area contributed by atoms with Gasteiger partial charge in [-0.3, -0.25) is 9.59 Å². The number of rotatable bonds is 7. The molecule has 0 aliphatic carbocycles. The minimum atomic E-state index is -3.79. The van der Waals surface area contributed by atoms with E-state index in [4.69, 9.17) is 16.9 Å². The second-order valence-electron chi connectivity index (χ2n) is 8.05. The molecule has 8 nitrogen and oxygen atoms in total. The summed E-state index contributed by atoms with van der Waals surface area (Å²) in [6, 6.07) is 13.8. The Morgan fingerprint density at radius 1 is 1.18 bits per heavy atom. The zero-order valence-electron chi connectivity index (χ0n) is 18.5. The summed E-state index contributed by atoms with van der Waals surface area (Å²) in [6.45, 7) is 3.71. The van der Waals surface area contributed by atoms with Crippen LogP contribution in [0, 0.1) is 17.2 Å². The van der Waals surface area contributed by atoms with Gasteiger partial charge in [0.05, 0.1) is 22.9 Å². The van der Waals surface area contributed by atoms with Crippen LogP contribution in [0.25, 0.3) is 0 Å². The molecule has 0 aromatic heterocycles. The van der Waals surface area contributed by atoms with Crippen molar-refractivity contribution in [1.29, 1.82) is 5.26 Å². The summed E-state index contributed by atoms with van der Waals surface area (Å²) in [5, 5.41) is 12.4. The molecule has 2 aromatic carbocycles. The number of carbonyl (C=O) groups is 2. The van der Waals surface area contributed by atoms with E-state index in [0.717, 1.165) is 5.56 Å². The van der Waals surface area contributed by atoms with Crippen LogP contribution in [0.3, 0.4) is 0 Å². The van der Waals surface area contributed by atoms with Gasteiger partial charge in [0.1, 0.15) is 6.04 Å². The molecule has 1 fully saturated rings. The Bertz CT molecular complexity index is 1190. The van der Waals surface area contributed by atoms with Crippen LogP contribution in [0.15, 0.2) is 53.4 Å². The summed E-state index contributed by atoms with van der Waals surface area (Å²) in [5.41, 5.74) is 1.03. The number of nitriles is 1. The zero-order valence-corrected chi connectivity index (χ0v) is 20.1. The SMILES string of the molecule is CC(NC(=O)[C@@H](C)N(C)C(=O)c1cccc(S(=O)(=O)N2CC(C#N)C2)c1)c1ccc(Cl)cc1. The topological polar surface area (TPSA) is 111 Å². The maximum Gasteiger partial charge on any atom is 0.254 e. The summed E-state index contributed by atoms with van der Waals surface area (Å²) >= 11 is 5.90. The van der Waals surface area contributed by atoms with E-state index in [1.807, 2.05) is 25.1 Å². The summed E-state index contributed by atoms with van der Waals surface area (Å²) in [5.74, 6) is -1.14. The number of benzene rings is 2. The molecule has 0 saturated carbocycles. The lowest BCUT2D eigenvalue weighted by molar-refractivity contribution is -0.125. The van der Waals surface area contributed by atoms with E-state index in [2.05, 4.69) is 5.32 Å². The molecule has 1 aliphatic rings. The molecule has 2 amide bonds. The van der Waals surface area contributed by atoms with Crippen molar-refractivity contribution in [2.45, 2.75) is 30.8 Å². The van der Waals surface area contributed by atoms with Crippen LogP contribution < -0.4 is 5.32 Å². The van der Waals surface area contributed by atoms with Crippen molar-refractivity contribution in [2.24, 2.45) is 5.92 Å². The van der Waals surface area contributed by atoms with Crippen molar-refractivity contribution in [3.63, 3.8) is 0 Å². The van der Waals surface area contributed by atoms with Gasteiger partial charge in [-0.25, -0.2) is 8.42 Å². The van der Waals surface area contributed by atoms with E-state index >= 15 is 0 Å². The van der Waals surface area contributed by atoms with Crippen LogP contribution >= 0.6 is 11.6 Å². The number of amides is 2. The standard InChI is InChI=1S/C23H25ClN4O4S/c1-15(18-7-9-20(24)10-8-18)26-22(29)16(2)27(3)23(30)19-5-4-6-21(11-19)33(31,32)28-13-17(12-25)14-28/h4-11,15-17H,13-14H2,1-3H3,(H,26,29)/t15?,16-/m1/s1. The Kier molecular flexibility index (Phi) is 7.42. The molecule has 0 radical (unpaired) electrons. The molecule has 1 aliphatic heterocycles. The lowest BCUT2D eigenvalue weighted by Gasteiger charge is -2.34. The van der Waals surface area contributed by atoms with Gasteiger partial charge in [-0.1, -0.05) is 29.8 Å². The van der Waals surface area contributed by atoms with E-state index in [-0.39, 0.29) is 41.4 Å². The van der Waals surface area contributed by atoms with Gasteiger partial charge in [-0.2, -0.15) is 9.57 Å². The second-order valence-corrected chi connectivity index (χ2v) is 10.4. The van der Waals surface area contributed by atoms with Crippen LogP contribution in [-0.2, 0) is 14.8 Å². The van der Waals surface area contributed by atoms with Gasteiger partial charge < -0.3 is 10.2 Å². The van der Waals surface area contributed by atoms with Gasteiger partial charge in [-0.15, -0.1) is 0 Å². The largest absolute Gasteiger partial charge is 0.348 e. The third-order valence-corrected chi connectivity index (χ3v) is 7.84. The predicted molar refractivity (Wildman–Crippen MR) is 124 cm³/mol. The summed E-state index contributed by atoms with van der Waals surface area (Å²) in [7, 11) is -2.30. The molecule has 0 spiro atoms. The predicted octanol–water partition coefficient (Wildman–Crippen LogP) is 2.82. The molecular weight excluding hydrogens is 464 g/mol. The van der Waals surface area contributed by atoms with Gasteiger partial charge in [0.15, 0.2) is 0 Å².